The highest BCUT2D eigenvalue weighted by Gasteiger charge is 2.25. The minimum Gasteiger partial charge on any atom is -0.352 e. The van der Waals surface area contributed by atoms with Crippen molar-refractivity contribution in [3.05, 3.63) is 42.1 Å². The predicted octanol–water partition coefficient (Wildman–Crippen LogP) is 1.98. The summed E-state index contributed by atoms with van der Waals surface area (Å²) in [5.41, 5.74) is 1.50. The van der Waals surface area contributed by atoms with Gasteiger partial charge in [-0.2, -0.15) is 0 Å². The number of fused-ring (bicyclic) bond motifs is 1. The van der Waals surface area contributed by atoms with Crippen molar-refractivity contribution in [3.8, 4) is 0 Å². The molecule has 1 N–H and O–H groups in total. The molecule has 2 amide bonds. The van der Waals surface area contributed by atoms with Crippen LogP contribution in [0.1, 0.15) is 30.1 Å². The molecule has 0 saturated carbocycles. The van der Waals surface area contributed by atoms with Crippen molar-refractivity contribution in [2.75, 3.05) is 13.1 Å². The van der Waals surface area contributed by atoms with Gasteiger partial charge in [0.1, 0.15) is 0 Å². The number of nitrogens with zero attached hydrogens (tertiary/aromatic N) is 2. The largest absolute Gasteiger partial charge is 0.352 e. The minimum atomic E-state index is -0.0475. The first kappa shape index (κ1) is 14.5. The second kappa shape index (κ2) is 6.13. The number of pyridine rings is 1. The van der Waals surface area contributed by atoms with E-state index in [2.05, 4.69) is 10.3 Å². The maximum absolute atomic E-state index is 12.8. The van der Waals surface area contributed by atoms with Crippen LogP contribution >= 0.6 is 0 Å². The molecule has 1 aromatic carbocycles. The first-order chi connectivity index (χ1) is 10.6. The van der Waals surface area contributed by atoms with E-state index in [1.165, 1.54) is 6.92 Å². The van der Waals surface area contributed by atoms with Crippen LogP contribution < -0.4 is 5.32 Å². The number of aromatic nitrogens is 1. The van der Waals surface area contributed by atoms with Gasteiger partial charge in [0.2, 0.25) is 5.91 Å². The number of carbonyl (C=O) groups excluding carboxylic acids is 2. The Labute approximate surface area is 129 Å². The van der Waals surface area contributed by atoms with Gasteiger partial charge in [-0.3, -0.25) is 14.6 Å². The maximum Gasteiger partial charge on any atom is 0.254 e. The van der Waals surface area contributed by atoms with Crippen LogP contribution in [0.4, 0.5) is 0 Å². The highest BCUT2D eigenvalue weighted by Crippen LogP contribution is 2.20. The van der Waals surface area contributed by atoms with Crippen LogP contribution in [0.2, 0.25) is 0 Å². The third kappa shape index (κ3) is 2.93. The van der Waals surface area contributed by atoms with Gasteiger partial charge < -0.3 is 10.2 Å². The molecule has 22 heavy (non-hydrogen) atoms. The maximum atomic E-state index is 12.8. The molecule has 0 aliphatic carbocycles. The second-order valence-corrected chi connectivity index (χ2v) is 5.67. The van der Waals surface area contributed by atoms with E-state index in [9.17, 15) is 9.59 Å². The quantitative estimate of drug-likeness (QED) is 0.922. The average molecular weight is 297 g/mol. The molecule has 0 radical (unpaired) electrons. The molecule has 1 fully saturated rings. The van der Waals surface area contributed by atoms with E-state index < -0.39 is 0 Å². The van der Waals surface area contributed by atoms with E-state index in [4.69, 9.17) is 0 Å². The van der Waals surface area contributed by atoms with Gasteiger partial charge >= 0.3 is 0 Å². The summed E-state index contributed by atoms with van der Waals surface area (Å²) in [5, 5.41) is 3.78. The molecule has 1 saturated heterocycles. The van der Waals surface area contributed by atoms with Crippen molar-refractivity contribution < 1.29 is 9.59 Å². The average Bonchev–Trinajstić information content (AvgIpc) is 2.53. The fourth-order valence-electron chi connectivity index (χ4n) is 3.02. The number of nitrogens with one attached hydrogen (secondary N) is 1. The van der Waals surface area contributed by atoms with Gasteiger partial charge in [-0.25, -0.2) is 0 Å². The summed E-state index contributed by atoms with van der Waals surface area (Å²) in [6, 6.07) is 9.47. The Morgan fingerprint density at radius 2 is 2.09 bits per heavy atom. The van der Waals surface area contributed by atoms with E-state index in [-0.39, 0.29) is 17.9 Å². The van der Waals surface area contributed by atoms with Gasteiger partial charge in [0.15, 0.2) is 0 Å². The predicted molar refractivity (Wildman–Crippen MR) is 84.5 cm³/mol. The van der Waals surface area contributed by atoms with Crippen LogP contribution in [-0.4, -0.2) is 40.8 Å². The molecule has 1 atom stereocenters. The summed E-state index contributed by atoms with van der Waals surface area (Å²) in [6.07, 6.45) is 3.49. The van der Waals surface area contributed by atoms with E-state index in [0.717, 1.165) is 30.3 Å². The number of likely N-dealkylation sites (tertiary alicyclic amines) is 1. The van der Waals surface area contributed by atoms with Gasteiger partial charge in [-0.15, -0.1) is 0 Å². The lowest BCUT2D eigenvalue weighted by Gasteiger charge is -2.33. The van der Waals surface area contributed by atoms with Crippen LogP contribution in [0.15, 0.2) is 36.5 Å². The molecule has 1 aliphatic heterocycles. The zero-order valence-electron chi connectivity index (χ0n) is 12.6. The monoisotopic (exact) mass is 297 g/mol. The van der Waals surface area contributed by atoms with E-state index in [1.807, 2.05) is 29.2 Å². The standard InChI is InChI=1S/C17H19N3O2/c1-12(21)19-13-5-4-10-20(11-13)17(22)15-8-9-18-16-7-3-2-6-14(15)16/h2-3,6-9,13H,4-5,10-11H2,1H3,(H,19,21). The van der Waals surface area contributed by atoms with Crippen molar-refractivity contribution in [1.82, 2.24) is 15.2 Å². The molecule has 114 valence electrons. The number of benzene rings is 1. The Bertz CT molecular complexity index is 709. The lowest BCUT2D eigenvalue weighted by molar-refractivity contribution is -0.120. The number of hydrogen-bond acceptors (Lipinski definition) is 3. The molecule has 1 aromatic heterocycles. The van der Waals surface area contributed by atoms with Crippen molar-refractivity contribution in [2.45, 2.75) is 25.8 Å². The molecule has 0 bridgehead atoms. The third-order valence-electron chi connectivity index (χ3n) is 4.00. The van der Waals surface area contributed by atoms with Crippen molar-refractivity contribution in [3.63, 3.8) is 0 Å². The molecule has 5 nitrogen and oxygen atoms in total. The number of hydrogen-bond donors (Lipinski definition) is 1. The molecule has 3 rings (SSSR count). The van der Waals surface area contributed by atoms with E-state index in [1.54, 1.807) is 12.3 Å². The second-order valence-electron chi connectivity index (χ2n) is 5.67. The highest BCUT2D eigenvalue weighted by molar-refractivity contribution is 6.06. The van der Waals surface area contributed by atoms with Gasteiger partial charge in [-0.1, -0.05) is 18.2 Å². The first-order valence-corrected chi connectivity index (χ1v) is 7.55. The summed E-state index contributed by atoms with van der Waals surface area (Å²) in [7, 11) is 0. The normalized spacial score (nSPS) is 18.2. The van der Waals surface area contributed by atoms with Crippen LogP contribution in [0.25, 0.3) is 10.9 Å². The smallest absolute Gasteiger partial charge is 0.254 e. The molecule has 1 unspecified atom stereocenters. The van der Waals surface area contributed by atoms with E-state index >= 15 is 0 Å². The van der Waals surface area contributed by atoms with Crippen molar-refractivity contribution in [2.24, 2.45) is 0 Å². The zero-order valence-corrected chi connectivity index (χ0v) is 12.6. The fourth-order valence-corrected chi connectivity index (χ4v) is 3.02. The summed E-state index contributed by atoms with van der Waals surface area (Å²) in [5.74, 6) is -0.0395. The summed E-state index contributed by atoms with van der Waals surface area (Å²) < 4.78 is 0. The lowest BCUT2D eigenvalue weighted by atomic mass is 10.0. The number of para-hydroxylation sites is 1. The van der Waals surface area contributed by atoms with Crippen molar-refractivity contribution >= 4 is 22.7 Å². The van der Waals surface area contributed by atoms with Gasteiger partial charge in [-0.05, 0) is 25.0 Å². The van der Waals surface area contributed by atoms with Crippen LogP contribution in [0.5, 0.6) is 0 Å². The number of piperidine rings is 1. The summed E-state index contributed by atoms with van der Waals surface area (Å²) in [4.78, 5) is 30.2. The zero-order chi connectivity index (χ0) is 15.5. The third-order valence-corrected chi connectivity index (χ3v) is 4.00. The van der Waals surface area contributed by atoms with Crippen LogP contribution in [0, 0.1) is 0 Å². The Morgan fingerprint density at radius 3 is 2.91 bits per heavy atom. The summed E-state index contributed by atoms with van der Waals surface area (Å²) >= 11 is 0. The van der Waals surface area contributed by atoms with Crippen molar-refractivity contribution in [1.29, 1.82) is 0 Å². The molecular weight excluding hydrogens is 278 g/mol. The highest BCUT2D eigenvalue weighted by atomic mass is 16.2. The Hall–Kier alpha value is -2.43. The topological polar surface area (TPSA) is 62.3 Å². The van der Waals surface area contributed by atoms with Gasteiger partial charge in [0, 0.05) is 37.6 Å². The number of carbonyl (C=O) groups is 2. The molecule has 5 heteroatoms. The van der Waals surface area contributed by atoms with Gasteiger partial charge in [0.25, 0.3) is 5.91 Å². The summed E-state index contributed by atoms with van der Waals surface area (Å²) in [6.45, 7) is 2.80. The lowest BCUT2D eigenvalue weighted by Crippen LogP contribution is -2.49. The van der Waals surface area contributed by atoms with E-state index in [0.29, 0.717) is 12.1 Å². The fraction of sp³-hybridized carbons (Fsp3) is 0.353. The Morgan fingerprint density at radius 1 is 1.27 bits per heavy atom. The van der Waals surface area contributed by atoms with Gasteiger partial charge in [0.05, 0.1) is 11.1 Å². The minimum absolute atomic E-state index is 0.00801. The Kier molecular flexibility index (Phi) is 4.04. The molecular formula is C17H19N3O2. The SMILES string of the molecule is CC(=O)NC1CCCN(C(=O)c2ccnc3ccccc23)C1. The number of rotatable bonds is 2. The molecule has 2 heterocycles. The molecule has 1 aliphatic rings. The molecule has 0 spiro atoms. The Balaban J connectivity index is 1.84. The first-order valence-electron chi connectivity index (χ1n) is 7.55. The molecule has 2 aromatic rings. The van der Waals surface area contributed by atoms with Crippen LogP contribution in [0.3, 0.4) is 0 Å². The number of amides is 2. The van der Waals surface area contributed by atoms with Crippen LogP contribution in [-0.2, 0) is 4.79 Å².